The summed E-state index contributed by atoms with van der Waals surface area (Å²) in [5.41, 5.74) is 0.912. The van der Waals surface area contributed by atoms with Crippen LogP contribution >= 0.6 is 0 Å². The van der Waals surface area contributed by atoms with Crippen LogP contribution in [0.2, 0.25) is 0 Å². The summed E-state index contributed by atoms with van der Waals surface area (Å²) in [6.07, 6.45) is 0.493. The molecule has 0 saturated heterocycles. The highest BCUT2D eigenvalue weighted by Crippen LogP contribution is 2.13. The van der Waals surface area contributed by atoms with Crippen molar-refractivity contribution in [3.05, 3.63) is 29.8 Å². The zero-order chi connectivity index (χ0) is 11.3. The van der Waals surface area contributed by atoms with E-state index in [1.807, 2.05) is 6.92 Å². The second-order valence-corrected chi connectivity index (χ2v) is 3.79. The van der Waals surface area contributed by atoms with Gasteiger partial charge >= 0.3 is 0 Å². The van der Waals surface area contributed by atoms with Crippen molar-refractivity contribution in [2.75, 3.05) is 0 Å². The molecule has 0 heterocycles. The third-order valence-corrected chi connectivity index (χ3v) is 2.41. The molecular weight excluding hydrogens is 192 g/mol. The quantitative estimate of drug-likeness (QED) is 0.689. The molecule has 0 aliphatic rings. The molecule has 0 spiro atoms. The normalized spacial score (nSPS) is 14.9. The molecule has 0 fully saturated rings. The van der Waals surface area contributed by atoms with Crippen LogP contribution in [-0.2, 0) is 6.42 Å². The van der Waals surface area contributed by atoms with E-state index >= 15 is 0 Å². The molecule has 1 rings (SSSR count). The fourth-order valence-corrected chi connectivity index (χ4v) is 1.50. The number of aliphatic hydroxyl groups excluding tert-OH is 2. The van der Waals surface area contributed by atoms with Crippen LogP contribution in [0.4, 0.5) is 0 Å². The van der Waals surface area contributed by atoms with Gasteiger partial charge in [-0.05, 0) is 24.1 Å². The summed E-state index contributed by atoms with van der Waals surface area (Å²) in [7, 11) is 0. The van der Waals surface area contributed by atoms with Crippen LogP contribution in [0.5, 0.6) is 5.75 Å². The Bertz CT molecular complexity index is 281. The molecule has 0 radical (unpaired) electrons. The maximum atomic E-state index is 9.66. The van der Waals surface area contributed by atoms with E-state index in [0.29, 0.717) is 12.8 Å². The topological polar surface area (TPSA) is 60.7 Å². The van der Waals surface area contributed by atoms with Crippen LogP contribution in [0, 0.1) is 0 Å². The molecule has 0 aliphatic carbocycles. The Morgan fingerprint density at radius 2 is 1.67 bits per heavy atom. The van der Waals surface area contributed by atoms with Crippen molar-refractivity contribution in [2.45, 2.75) is 38.4 Å². The van der Waals surface area contributed by atoms with Gasteiger partial charge in [0, 0.05) is 6.42 Å². The van der Waals surface area contributed by atoms with Gasteiger partial charge in [-0.1, -0.05) is 25.5 Å². The molecule has 3 heteroatoms. The Balaban J connectivity index is 2.50. The van der Waals surface area contributed by atoms with Crippen LogP contribution < -0.4 is 0 Å². The first-order chi connectivity index (χ1) is 7.13. The van der Waals surface area contributed by atoms with Gasteiger partial charge in [0.1, 0.15) is 5.75 Å². The molecule has 1 aromatic rings. The Hall–Kier alpha value is -1.06. The molecule has 3 nitrogen and oxygen atoms in total. The van der Waals surface area contributed by atoms with E-state index in [2.05, 4.69) is 0 Å². The van der Waals surface area contributed by atoms with Gasteiger partial charge in [-0.25, -0.2) is 0 Å². The van der Waals surface area contributed by atoms with Gasteiger partial charge < -0.3 is 15.3 Å². The van der Waals surface area contributed by atoms with E-state index < -0.39 is 12.2 Å². The van der Waals surface area contributed by atoms with Crippen molar-refractivity contribution in [1.29, 1.82) is 0 Å². The minimum Gasteiger partial charge on any atom is -0.508 e. The van der Waals surface area contributed by atoms with Crippen molar-refractivity contribution >= 4 is 0 Å². The Morgan fingerprint density at radius 1 is 1.07 bits per heavy atom. The number of rotatable bonds is 5. The van der Waals surface area contributed by atoms with Gasteiger partial charge in [-0.3, -0.25) is 0 Å². The highest BCUT2D eigenvalue weighted by atomic mass is 16.3. The lowest BCUT2D eigenvalue weighted by Gasteiger charge is -2.17. The van der Waals surface area contributed by atoms with Crippen LogP contribution in [0.25, 0.3) is 0 Å². The highest BCUT2D eigenvalue weighted by molar-refractivity contribution is 5.26. The zero-order valence-electron chi connectivity index (χ0n) is 8.93. The van der Waals surface area contributed by atoms with E-state index in [1.54, 1.807) is 24.3 Å². The smallest absolute Gasteiger partial charge is 0.115 e. The van der Waals surface area contributed by atoms with E-state index in [4.69, 9.17) is 5.11 Å². The third-order valence-electron chi connectivity index (χ3n) is 2.41. The average molecular weight is 210 g/mol. The molecule has 0 amide bonds. The van der Waals surface area contributed by atoms with Gasteiger partial charge in [0.15, 0.2) is 0 Å². The van der Waals surface area contributed by atoms with Gasteiger partial charge in [0.2, 0.25) is 0 Å². The van der Waals surface area contributed by atoms with Gasteiger partial charge in [0.25, 0.3) is 0 Å². The fraction of sp³-hybridized carbons (Fsp3) is 0.500. The number of phenols is 1. The lowest BCUT2D eigenvalue weighted by Crippen LogP contribution is -2.27. The molecule has 15 heavy (non-hydrogen) atoms. The molecule has 2 unspecified atom stereocenters. The SMILES string of the molecule is CCCC(O)C(O)Cc1ccc(O)cc1. The van der Waals surface area contributed by atoms with Gasteiger partial charge in [0.05, 0.1) is 12.2 Å². The van der Waals surface area contributed by atoms with Crippen molar-refractivity contribution in [3.63, 3.8) is 0 Å². The molecule has 2 atom stereocenters. The second kappa shape index (κ2) is 5.73. The molecular formula is C12H18O3. The number of aromatic hydroxyl groups is 1. The van der Waals surface area contributed by atoms with Crippen LogP contribution in [0.15, 0.2) is 24.3 Å². The Morgan fingerprint density at radius 3 is 2.20 bits per heavy atom. The summed E-state index contributed by atoms with van der Waals surface area (Å²) in [6, 6.07) is 6.65. The number of hydrogen-bond donors (Lipinski definition) is 3. The minimum atomic E-state index is -0.727. The molecule has 1 aromatic carbocycles. The van der Waals surface area contributed by atoms with Crippen LogP contribution in [0.3, 0.4) is 0 Å². The summed E-state index contributed by atoms with van der Waals surface area (Å²) >= 11 is 0. The molecule has 0 aliphatic heterocycles. The summed E-state index contributed by atoms with van der Waals surface area (Å²) in [6.45, 7) is 1.97. The Labute approximate surface area is 90.0 Å². The lowest BCUT2D eigenvalue weighted by atomic mass is 10.0. The van der Waals surface area contributed by atoms with Crippen molar-refractivity contribution in [3.8, 4) is 5.75 Å². The molecule has 0 aromatic heterocycles. The van der Waals surface area contributed by atoms with Crippen LogP contribution in [0.1, 0.15) is 25.3 Å². The summed E-state index contributed by atoms with van der Waals surface area (Å²) < 4.78 is 0. The number of hydrogen-bond acceptors (Lipinski definition) is 3. The van der Waals surface area contributed by atoms with Gasteiger partial charge in [-0.2, -0.15) is 0 Å². The zero-order valence-corrected chi connectivity index (χ0v) is 8.93. The Kier molecular flexibility index (Phi) is 4.59. The number of benzene rings is 1. The standard InChI is InChI=1S/C12H18O3/c1-2-3-11(14)12(15)8-9-4-6-10(13)7-5-9/h4-7,11-15H,2-3,8H2,1H3. The maximum absolute atomic E-state index is 9.66. The monoisotopic (exact) mass is 210 g/mol. The number of aliphatic hydroxyl groups is 2. The predicted octanol–water partition coefficient (Wildman–Crippen LogP) is 1.46. The van der Waals surface area contributed by atoms with Crippen molar-refractivity contribution in [1.82, 2.24) is 0 Å². The summed E-state index contributed by atoms with van der Waals surface area (Å²) in [5.74, 6) is 0.211. The predicted molar refractivity (Wildman–Crippen MR) is 58.7 cm³/mol. The van der Waals surface area contributed by atoms with E-state index in [1.165, 1.54) is 0 Å². The largest absolute Gasteiger partial charge is 0.508 e. The van der Waals surface area contributed by atoms with Crippen LogP contribution in [-0.4, -0.2) is 27.5 Å². The first kappa shape index (κ1) is 12.0. The van der Waals surface area contributed by atoms with E-state index in [-0.39, 0.29) is 5.75 Å². The van der Waals surface area contributed by atoms with Crippen molar-refractivity contribution < 1.29 is 15.3 Å². The minimum absolute atomic E-state index is 0.211. The molecule has 0 saturated carbocycles. The number of phenolic OH excluding ortho intramolecular Hbond substituents is 1. The molecule has 0 bridgehead atoms. The average Bonchev–Trinajstić information content (AvgIpc) is 2.22. The molecule has 3 N–H and O–H groups in total. The fourth-order valence-electron chi connectivity index (χ4n) is 1.50. The van der Waals surface area contributed by atoms with Crippen molar-refractivity contribution in [2.24, 2.45) is 0 Å². The molecule has 84 valence electrons. The van der Waals surface area contributed by atoms with Gasteiger partial charge in [-0.15, -0.1) is 0 Å². The first-order valence-corrected chi connectivity index (χ1v) is 5.27. The first-order valence-electron chi connectivity index (χ1n) is 5.27. The van der Waals surface area contributed by atoms with E-state index in [0.717, 1.165) is 12.0 Å². The highest BCUT2D eigenvalue weighted by Gasteiger charge is 2.15. The lowest BCUT2D eigenvalue weighted by molar-refractivity contribution is 0.0148. The van der Waals surface area contributed by atoms with E-state index in [9.17, 15) is 10.2 Å². The summed E-state index contributed by atoms with van der Waals surface area (Å²) in [4.78, 5) is 0. The maximum Gasteiger partial charge on any atom is 0.115 e. The summed E-state index contributed by atoms with van der Waals surface area (Å²) in [5, 5.41) is 28.3. The third kappa shape index (κ3) is 3.90. The second-order valence-electron chi connectivity index (χ2n) is 3.79.